The lowest BCUT2D eigenvalue weighted by atomic mass is 9.92. The Morgan fingerprint density at radius 2 is 2.17 bits per heavy atom. The van der Waals surface area contributed by atoms with Crippen LogP contribution in [0.1, 0.15) is 32.9 Å². The summed E-state index contributed by atoms with van der Waals surface area (Å²) in [5.74, 6) is 0.874. The Labute approximate surface area is 111 Å². The molecular weight excluding hydrogens is 246 g/mol. The van der Waals surface area contributed by atoms with Crippen molar-refractivity contribution in [1.29, 1.82) is 0 Å². The second kappa shape index (κ2) is 5.28. The third-order valence-electron chi connectivity index (χ3n) is 2.66. The first-order valence-corrected chi connectivity index (χ1v) is 7.09. The van der Waals surface area contributed by atoms with Gasteiger partial charge >= 0.3 is 0 Å². The molecule has 98 valence electrons. The summed E-state index contributed by atoms with van der Waals surface area (Å²) in [5, 5.41) is 14.4. The van der Waals surface area contributed by atoms with Crippen molar-refractivity contribution in [3.63, 3.8) is 0 Å². The van der Waals surface area contributed by atoms with Gasteiger partial charge in [0.15, 0.2) is 0 Å². The van der Waals surface area contributed by atoms with E-state index in [1.165, 1.54) is 0 Å². The molecule has 0 aliphatic heterocycles. The Kier molecular flexibility index (Phi) is 3.92. The first-order chi connectivity index (χ1) is 8.52. The topological polar surface area (TPSA) is 50.4 Å². The summed E-state index contributed by atoms with van der Waals surface area (Å²) in [5.41, 5.74) is 2.16. The number of fused-ring (bicyclic) bond motifs is 1. The van der Waals surface area contributed by atoms with Crippen LogP contribution in [-0.2, 0) is 5.41 Å². The average Bonchev–Trinajstić information content (AvgIpc) is 2.73. The van der Waals surface area contributed by atoms with Gasteiger partial charge in [-0.2, -0.15) is 5.10 Å². The van der Waals surface area contributed by atoms with Crippen LogP contribution >= 0.6 is 11.8 Å². The van der Waals surface area contributed by atoms with Gasteiger partial charge in [-0.05, 0) is 12.5 Å². The van der Waals surface area contributed by atoms with Crippen molar-refractivity contribution in [3.05, 3.63) is 24.2 Å². The summed E-state index contributed by atoms with van der Waals surface area (Å²) in [7, 11) is 0. The van der Waals surface area contributed by atoms with E-state index in [9.17, 15) is 0 Å². The predicted octanol–water partition coefficient (Wildman–Crippen LogP) is 2.50. The second-order valence-corrected chi connectivity index (χ2v) is 6.35. The zero-order valence-corrected chi connectivity index (χ0v) is 11.9. The quantitative estimate of drug-likeness (QED) is 0.681. The van der Waals surface area contributed by atoms with E-state index in [0.717, 1.165) is 28.4 Å². The number of nitrogens with zero attached hydrogens (tertiary/aromatic N) is 3. The van der Waals surface area contributed by atoms with E-state index in [4.69, 9.17) is 5.11 Å². The van der Waals surface area contributed by atoms with Crippen molar-refractivity contribution in [2.75, 3.05) is 12.4 Å². The Morgan fingerprint density at radius 3 is 2.83 bits per heavy atom. The standard InChI is InChI=1S/C13H19N3OS/c1-13(2,3)11-9-10-12(18-8-4-7-17)14-5-6-16(10)15-11/h5-6,9,17H,4,7-8H2,1-3H3. The van der Waals surface area contributed by atoms with Crippen molar-refractivity contribution in [2.24, 2.45) is 0 Å². The zero-order chi connectivity index (χ0) is 13.2. The van der Waals surface area contributed by atoms with Crippen molar-refractivity contribution >= 4 is 17.3 Å². The first-order valence-electron chi connectivity index (χ1n) is 6.11. The molecule has 1 N–H and O–H groups in total. The summed E-state index contributed by atoms with van der Waals surface area (Å²) >= 11 is 1.67. The van der Waals surface area contributed by atoms with E-state index >= 15 is 0 Å². The van der Waals surface area contributed by atoms with Gasteiger partial charge in [-0.3, -0.25) is 0 Å². The van der Waals surface area contributed by atoms with Crippen molar-refractivity contribution < 1.29 is 5.11 Å². The lowest BCUT2D eigenvalue weighted by Gasteiger charge is -2.13. The molecule has 4 nitrogen and oxygen atoms in total. The molecule has 2 rings (SSSR count). The molecular formula is C13H19N3OS. The van der Waals surface area contributed by atoms with Gasteiger partial charge in [0, 0.05) is 30.2 Å². The summed E-state index contributed by atoms with van der Waals surface area (Å²) in [6.45, 7) is 6.69. The molecule has 2 aromatic heterocycles. The average molecular weight is 265 g/mol. The molecule has 0 fully saturated rings. The number of rotatable bonds is 4. The van der Waals surface area contributed by atoms with Crippen LogP contribution in [-0.4, -0.2) is 32.1 Å². The van der Waals surface area contributed by atoms with Gasteiger partial charge in [0.25, 0.3) is 0 Å². The summed E-state index contributed by atoms with van der Waals surface area (Å²) in [6.07, 6.45) is 4.43. The van der Waals surface area contributed by atoms with Crippen LogP contribution in [0.5, 0.6) is 0 Å². The number of aliphatic hydroxyl groups is 1. The van der Waals surface area contributed by atoms with Crippen LogP contribution in [0.25, 0.3) is 5.52 Å². The SMILES string of the molecule is CC(C)(C)c1cc2c(SCCCO)nccn2n1. The highest BCUT2D eigenvalue weighted by Crippen LogP contribution is 2.27. The van der Waals surface area contributed by atoms with E-state index in [-0.39, 0.29) is 12.0 Å². The Bertz CT molecular complexity index is 531. The molecule has 0 aliphatic carbocycles. The highest BCUT2D eigenvalue weighted by atomic mass is 32.2. The summed E-state index contributed by atoms with van der Waals surface area (Å²) in [6, 6.07) is 2.11. The van der Waals surface area contributed by atoms with Gasteiger partial charge in [-0.1, -0.05) is 20.8 Å². The van der Waals surface area contributed by atoms with Gasteiger partial charge in [0.2, 0.25) is 0 Å². The number of aliphatic hydroxyl groups excluding tert-OH is 1. The van der Waals surface area contributed by atoms with Gasteiger partial charge in [0.05, 0.1) is 11.2 Å². The molecule has 0 bridgehead atoms. The minimum Gasteiger partial charge on any atom is -0.396 e. The molecule has 0 spiro atoms. The van der Waals surface area contributed by atoms with E-state index < -0.39 is 0 Å². The molecule has 2 aromatic rings. The second-order valence-electron chi connectivity index (χ2n) is 5.27. The van der Waals surface area contributed by atoms with Gasteiger partial charge in [-0.25, -0.2) is 9.50 Å². The Hall–Kier alpha value is -1.07. The van der Waals surface area contributed by atoms with Crippen LogP contribution in [0.4, 0.5) is 0 Å². The fourth-order valence-electron chi connectivity index (χ4n) is 1.61. The van der Waals surface area contributed by atoms with Gasteiger partial charge in [0.1, 0.15) is 5.03 Å². The smallest absolute Gasteiger partial charge is 0.122 e. The van der Waals surface area contributed by atoms with Crippen LogP contribution in [0.3, 0.4) is 0 Å². The van der Waals surface area contributed by atoms with Crippen molar-refractivity contribution in [1.82, 2.24) is 14.6 Å². The molecule has 0 saturated carbocycles. The zero-order valence-electron chi connectivity index (χ0n) is 11.1. The van der Waals surface area contributed by atoms with E-state index in [1.807, 2.05) is 10.7 Å². The molecule has 0 aromatic carbocycles. The fourth-order valence-corrected chi connectivity index (χ4v) is 2.51. The molecule has 0 radical (unpaired) electrons. The van der Waals surface area contributed by atoms with Gasteiger partial charge < -0.3 is 5.11 Å². The number of hydrogen-bond acceptors (Lipinski definition) is 4. The molecule has 5 heteroatoms. The molecule has 0 amide bonds. The molecule has 0 atom stereocenters. The summed E-state index contributed by atoms with van der Waals surface area (Å²) < 4.78 is 1.88. The van der Waals surface area contributed by atoms with Crippen LogP contribution in [0.15, 0.2) is 23.5 Å². The Balaban J connectivity index is 2.33. The van der Waals surface area contributed by atoms with E-state index in [0.29, 0.717) is 0 Å². The normalized spacial score (nSPS) is 12.2. The van der Waals surface area contributed by atoms with E-state index in [2.05, 4.69) is 36.9 Å². The Morgan fingerprint density at radius 1 is 1.39 bits per heavy atom. The molecule has 18 heavy (non-hydrogen) atoms. The van der Waals surface area contributed by atoms with Gasteiger partial charge in [-0.15, -0.1) is 11.8 Å². The minimum absolute atomic E-state index is 0.0407. The monoisotopic (exact) mass is 265 g/mol. The summed E-state index contributed by atoms with van der Waals surface area (Å²) in [4.78, 5) is 4.39. The van der Waals surface area contributed by atoms with E-state index in [1.54, 1.807) is 18.0 Å². The van der Waals surface area contributed by atoms with Crippen LogP contribution in [0, 0.1) is 0 Å². The highest BCUT2D eigenvalue weighted by Gasteiger charge is 2.18. The third kappa shape index (κ3) is 2.84. The van der Waals surface area contributed by atoms with Crippen LogP contribution in [0.2, 0.25) is 0 Å². The molecule has 2 heterocycles. The minimum atomic E-state index is 0.0407. The highest BCUT2D eigenvalue weighted by molar-refractivity contribution is 7.99. The maximum absolute atomic E-state index is 8.82. The molecule has 0 aliphatic rings. The lowest BCUT2D eigenvalue weighted by Crippen LogP contribution is -2.11. The first kappa shape index (κ1) is 13.4. The number of thioether (sulfide) groups is 1. The van der Waals surface area contributed by atoms with Crippen molar-refractivity contribution in [2.45, 2.75) is 37.6 Å². The van der Waals surface area contributed by atoms with Crippen molar-refractivity contribution in [3.8, 4) is 0 Å². The van der Waals surface area contributed by atoms with Crippen LogP contribution < -0.4 is 0 Å². The largest absolute Gasteiger partial charge is 0.396 e. The number of hydrogen-bond donors (Lipinski definition) is 1. The number of aromatic nitrogens is 3. The third-order valence-corrected chi connectivity index (χ3v) is 3.74. The molecule has 0 unspecified atom stereocenters. The maximum atomic E-state index is 8.82. The molecule has 0 saturated heterocycles. The maximum Gasteiger partial charge on any atom is 0.122 e. The fraction of sp³-hybridized carbons (Fsp3) is 0.538. The predicted molar refractivity (Wildman–Crippen MR) is 74.1 cm³/mol. The lowest BCUT2D eigenvalue weighted by molar-refractivity contribution is 0.296.